The average molecular weight is 280 g/mol. The highest BCUT2D eigenvalue weighted by Crippen LogP contribution is 2.41. The van der Waals surface area contributed by atoms with Crippen molar-refractivity contribution in [1.29, 1.82) is 0 Å². The van der Waals surface area contributed by atoms with Gasteiger partial charge in [-0.3, -0.25) is 0 Å². The minimum Gasteiger partial charge on any atom is -0.0748 e. The van der Waals surface area contributed by atoms with Crippen LogP contribution in [0.25, 0.3) is 16.3 Å². The molecule has 2 aromatic carbocycles. The molecule has 0 aliphatic rings. The zero-order valence-corrected chi connectivity index (χ0v) is 14.5. The molecule has 0 unspecified atom stereocenters. The van der Waals surface area contributed by atoms with Gasteiger partial charge in [0.15, 0.2) is 0 Å². The Morgan fingerprint density at radius 1 is 0.857 bits per heavy atom. The van der Waals surface area contributed by atoms with E-state index in [0.29, 0.717) is 0 Å². The summed E-state index contributed by atoms with van der Waals surface area (Å²) in [5.41, 5.74) is 4.52. The second-order valence-electron chi connectivity index (χ2n) is 8.15. The van der Waals surface area contributed by atoms with Gasteiger partial charge in [0.1, 0.15) is 0 Å². The highest BCUT2D eigenvalue weighted by atomic mass is 14.3. The van der Waals surface area contributed by atoms with Crippen molar-refractivity contribution in [2.24, 2.45) is 10.8 Å². The molecule has 0 saturated carbocycles. The number of fused-ring (bicyclic) bond motifs is 1. The summed E-state index contributed by atoms with van der Waals surface area (Å²) < 4.78 is 0. The van der Waals surface area contributed by atoms with E-state index in [4.69, 9.17) is 0 Å². The largest absolute Gasteiger partial charge is 0.0748 e. The third-order valence-corrected chi connectivity index (χ3v) is 3.79. The summed E-state index contributed by atoms with van der Waals surface area (Å²) >= 11 is 0. The summed E-state index contributed by atoms with van der Waals surface area (Å²) in [6.45, 7) is 16.0. The maximum absolute atomic E-state index is 2.45. The molecule has 0 atom stereocenters. The zero-order chi connectivity index (χ0) is 15.8. The molecule has 0 nitrogen and oxygen atoms in total. The number of benzene rings is 2. The van der Waals surface area contributed by atoms with Crippen LogP contribution < -0.4 is 0 Å². The molecule has 0 fully saturated rings. The van der Waals surface area contributed by atoms with Gasteiger partial charge < -0.3 is 0 Å². The number of hydrogen-bond donors (Lipinski definition) is 0. The molecule has 0 amide bonds. The van der Waals surface area contributed by atoms with Gasteiger partial charge >= 0.3 is 0 Å². The van der Waals surface area contributed by atoms with Crippen molar-refractivity contribution < 1.29 is 0 Å². The summed E-state index contributed by atoms with van der Waals surface area (Å²) in [6, 6.07) is 13.2. The van der Waals surface area contributed by atoms with Gasteiger partial charge in [-0.15, -0.1) is 0 Å². The fraction of sp³-hybridized carbons (Fsp3) is 0.429. The lowest BCUT2D eigenvalue weighted by molar-refractivity contribution is 0.517. The van der Waals surface area contributed by atoms with E-state index in [1.54, 1.807) is 0 Å². The van der Waals surface area contributed by atoms with Gasteiger partial charge in [-0.2, -0.15) is 0 Å². The lowest BCUT2D eigenvalue weighted by atomic mass is 9.75. The molecule has 0 N–H and O–H groups in total. The van der Waals surface area contributed by atoms with E-state index < -0.39 is 0 Å². The summed E-state index contributed by atoms with van der Waals surface area (Å²) in [7, 11) is 0. The maximum Gasteiger partial charge on any atom is -0.0106 e. The number of aryl methyl sites for hydroxylation is 1. The van der Waals surface area contributed by atoms with Crippen molar-refractivity contribution in [2.45, 2.75) is 48.5 Å². The van der Waals surface area contributed by atoms with Crippen LogP contribution in [-0.2, 0) is 0 Å². The first-order valence-corrected chi connectivity index (χ1v) is 7.82. The monoisotopic (exact) mass is 280 g/mol. The maximum atomic E-state index is 2.45. The summed E-state index contributed by atoms with van der Waals surface area (Å²) in [4.78, 5) is 0. The Morgan fingerprint density at radius 2 is 1.48 bits per heavy atom. The molecular formula is C21H28. The first-order valence-electron chi connectivity index (χ1n) is 7.82. The van der Waals surface area contributed by atoms with Gasteiger partial charge in [0.2, 0.25) is 0 Å². The van der Waals surface area contributed by atoms with E-state index in [9.17, 15) is 0 Å². The van der Waals surface area contributed by atoms with Gasteiger partial charge in [-0.1, -0.05) is 84.0 Å². The highest BCUT2D eigenvalue weighted by molar-refractivity contribution is 5.96. The molecule has 112 valence electrons. The molecule has 0 spiro atoms. The molecule has 2 aromatic rings. The molecule has 0 bridgehead atoms. The molecular weight excluding hydrogens is 252 g/mol. The molecule has 0 aliphatic heterocycles. The zero-order valence-electron chi connectivity index (χ0n) is 14.5. The molecule has 21 heavy (non-hydrogen) atoms. The highest BCUT2D eigenvalue weighted by Gasteiger charge is 2.24. The Labute approximate surface area is 129 Å². The summed E-state index contributed by atoms with van der Waals surface area (Å²) in [6.07, 6.45) is 2.45. The second kappa shape index (κ2) is 5.33. The Hall–Kier alpha value is -1.56. The van der Waals surface area contributed by atoms with Crippen molar-refractivity contribution >= 4 is 16.3 Å². The Balaban J connectivity index is 2.84. The summed E-state index contributed by atoms with van der Waals surface area (Å²) in [5.74, 6) is 0. The topological polar surface area (TPSA) is 0 Å². The van der Waals surface area contributed by atoms with Crippen LogP contribution in [-0.4, -0.2) is 0 Å². The van der Waals surface area contributed by atoms with Crippen LogP contribution >= 0.6 is 0 Å². The fourth-order valence-electron chi connectivity index (χ4n) is 2.83. The predicted octanol–water partition coefficient (Wildman–Crippen LogP) is 6.62. The Bertz CT molecular complexity index is 673. The van der Waals surface area contributed by atoms with Crippen molar-refractivity contribution in [3.05, 3.63) is 53.6 Å². The molecule has 0 aromatic heterocycles. The quantitative estimate of drug-likeness (QED) is 0.550. The molecule has 0 aliphatic carbocycles. The van der Waals surface area contributed by atoms with Crippen molar-refractivity contribution in [3.8, 4) is 0 Å². The van der Waals surface area contributed by atoms with Gasteiger partial charge in [-0.25, -0.2) is 0 Å². The smallest absolute Gasteiger partial charge is 0.0106 e. The lowest BCUT2D eigenvalue weighted by Gasteiger charge is -2.29. The van der Waals surface area contributed by atoms with Crippen molar-refractivity contribution in [2.75, 3.05) is 0 Å². The van der Waals surface area contributed by atoms with Gasteiger partial charge in [-0.05, 0) is 45.2 Å². The van der Waals surface area contributed by atoms with E-state index in [0.717, 1.165) is 0 Å². The van der Waals surface area contributed by atoms with Crippen molar-refractivity contribution in [3.63, 3.8) is 0 Å². The normalized spacial score (nSPS) is 13.8. The minimum absolute atomic E-state index is 0.127. The molecule has 0 radical (unpaired) electrons. The van der Waals surface area contributed by atoms with Crippen LogP contribution in [0.2, 0.25) is 0 Å². The fourth-order valence-corrected chi connectivity index (χ4v) is 2.83. The number of allylic oxidation sites excluding steroid dienone is 2. The standard InChI is InChI=1S/C21H28/c1-15-12-13-16-10-8-9-11-17(16)19(15)18(21(5,6)7)14-20(2,3)4/h8-14H,1-7H3. The van der Waals surface area contributed by atoms with Crippen LogP contribution in [0, 0.1) is 17.8 Å². The van der Waals surface area contributed by atoms with E-state index >= 15 is 0 Å². The lowest BCUT2D eigenvalue weighted by Crippen LogP contribution is -2.13. The minimum atomic E-state index is 0.127. The van der Waals surface area contributed by atoms with Gasteiger partial charge in [0.25, 0.3) is 0 Å². The Kier molecular flexibility index (Phi) is 4.02. The third kappa shape index (κ3) is 3.56. The van der Waals surface area contributed by atoms with Crippen LogP contribution in [0.1, 0.15) is 52.7 Å². The second-order valence-corrected chi connectivity index (χ2v) is 8.15. The van der Waals surface area contributed by atoms with E-state index in [1.807, 2.05) is 0 Å². The molecule has 0 heteroatoms. The third-order valence-electron chi connectivity index (χ3n) is 3.79. The van der Waals surface area contributed by atoms with Crippen LogP contribution in [0.4, 0.5) is 0 Å². The molecule has 2 rings (SSSR count). The van der Waals surface area contributed by atoms with Gasteiger partial charge in [0.05, 0.1) is 0 Å². The first-order chi connectivity index (χ1) is 9.59. The first kappa shape index (κ1) is 15.8. The van der Waals surface area contributed by atoms with E-state index in [-0.39, 0.29) is 10.8 Å². The Morgan fingerprint density at radius 3 is 2.05 bits per heavy atom. The predicted molar refractivity (Wildman–Crippen MR) is 95.6 cm³/mol. The van der Waals surface area contributed by atoms with Crippen LogP contribution in [0.3, 0.4) is 0 Å². The SMILES string of the molecule is Cc1ccc2ccccc2c1C(=CC(C)(C)C)C(C)(C)C. The number of rotatable bonds is 1. The van der Waals surface area contributed by atoms with Crippen molar-refractivity contribution in [1.82, 2.24) is 0 Å². The van der Waals surface area contributed by atoms with Crippen LogP contribution in [0.5, 0.6) is 0 Å². The van der Waals surface area contributed by atoms with Crippen LogP contribution in [0.15, 0.2) is 42.5 Å². The number of hydrogen-bond acceptors (Lipinski definition) is 0. The van der Waals surface area contributed by atoms with E-state index in [2.05, 4.69) is 90.9 Å². The van der Waals surface area contributed by atoms with E-state index in [1.165, 1.54) is 27.5 Å². The van der Waals surface area contributed by atoms with Gasteiger partial charge in [0, 0.05) is 0 Å². The molecule has 0 heterocycles. The average Bonchev–Trinajstić information content (AvgIpc) is 2.34. The summed E-state index contributed by atoms with van der Waals surface area (Å²) in [5, 5.41) is 2.69. The molecule has 0 saturated heterocycles.